The van der Waals surface area contributed by atoms with Crippen molar-refractivity contribution < 1.29 is 23.2 Å². The Morgan fingerprint density at radius 3 is 2.79 bits per heavy atom. The maximum atomic E-state index is 13.4. The first-order chi connectivity index (χ1) is 6.53. The highest BCUT2D eigenvalue weighted by molar-refractivity contribution is 5.88. The van der Waals surface area contributed by atoms with Crippen molar-refractivity contribution in [2.75, 3.05) is 0 Å². The average molecular weight is 203 g/mol. The molecule has 1 fully saturated rings. The Morgan fingerprint density at radius 1 is 1.64 bits per heavy atom. The van der Waals surface area contributed by atoms with Crippen molar-refractivity contribution in [3.8, 4) is 0 Å². The SMILES string of the molecule is O=C(O)c1conc1C(F)(F)C1CC1. The van der Waals surface area contributed by atoms with Gasteiger partial charge in [0.2, 0.25) is 0 Å². The van der Waals surface area contributed by atoms with Gasteiger partial charge in [0.1, 0.15) is 11.8 Å². The van der Waals surface area contributed by atoms with Crippen LogP contribution in [0.5, 0.6) is 0 Å². The molecule has 1 heterocycles. The normalized spacial score (nSPS) is 17.0. The fourth-order valence-electron chi connectivity index (χ4n) is 1.27. The van der Waals surface area contributed by atoms with Crippen LogP contribution in [-0.2, 0) is 5.92 Å². The Labute approximate surface area is 77.5 Å². The number of hydrogen-bond donors (Lipinski definition) is 1. The Kier molecular flexibility index (Phi) is 1.80. The first-order valence-electron chi connectivity index (χ1n) is 4.09. The van der Waals surface area contributed by atoms with Gasteiger partial charge >= 0.3 is 5.97 Å². The smallest absolute Gasteiger partial charge is 0.341 e. The van der Waals surface area contributed by atoms with Crippen LogP contribution in [0.3, 0.4) is 0 Å². The maximum Gasteiger partial charge on any atom is 0.341 e. The number of hydrogen-bond acceptors (Lipinski definition) is 3. The van der Waals surface area contributed by atoms with E-state index in [2.05, 4.69) is 9.68 Å². The van der Waals surface area contributed by atoms with Gasteiger partial charge in [0.05, 0.1) is 0 Å². The van der Waals surface area contributed by atoms with E-state index in [0.29, 0.717) is 12.8 Å². The highest BCUT2D eigenvalue weighted by Gasteiger charge is 2.52. The first kappa shape index (κ1) is 9.11. The molecule has 6 heteroatoms. The second-order valence-electron chi connectivity index (χ2n) is 3.28. The predicted molar refractivity (Wildman–Crippen MR) is 40.1 cm³/mol. The van der Waals surface area contributed by atoms with E-state index < -0.39 is 29.1 Å². The van der Waals surface area contributed by atoms with Crippen molar-refractivity contribution in [1.82, 2.24) is 5.16 Å². The van der Waals surface area contributed by atoms with Crippen LogP contribution in [0.1, 0.15) is 28.9 Å². The quantitative estimate of drug-likeness (QED) is 0.814. The van der Waals surface area contributed by atoms with Crippen molar-refractivity contribution in [3.63, 3.8) is 0 Å². The van der Waals surface area contributed by atoms with E-state index in [0.717, 1.165) is 6.26 Å². The van der Waals surface area contributed by atoms with Crippen LogP contribution < -0.4 is 0 Å². The molecule has 1 N–H and O–H groups in total. The predicted octanol–water partition coefficient (Wildman–Crippen LogP) is 1.87. The van der Waals surface area contributed by atoms with Crippen molar-refractivity contribution in [2.45, 2.75) is 18.8 Å². The van der Waals surface area contributed by atoms with E-state index in [-0.39, 0.29) is 0 Å². The molecule has 0 spiro atoms. The average Bonchev–Trinajstić information content (AvgIpc) is 2.82. The summed E-state index contributed by atoms with van der Waals surface area (Å²) in [4.78, 5) is 10.5. The van der Waals surface area contributed by atoms with Gasteiger partial charge in [-0.1, -0.05) is 5.16 Å². The lowest BCUT2D eigenvalue weighted by molar-refractivity contribution is -0.0362. The van der Waals surface area contributed by atoms with Gasteiger partial charge in [-0.25, -0.2) is 4.79 Å². The van der Waals surface area contributed by atoms with E-state index in [4.69, 9.17) is 5.11 Å². The number of rotatable bonds is 3. The van der Waals surface area contributed by atoms with Crippen LogP contribution in [0.15, 0.2) is 10.8 Å². The molecule has 0 saturated heterocycles. The summed E-state index contributed by atoms with van der Waals surface area (Å²) in [7, 11) is 0. The second-order valence-corrected chi connectivity index (χ2v) is 3.28. The fourth-order valence-corrected chi connectivity index (χ4v) is 1.27. The van der Waals surface area contributed by atoms with Gasteiger partial charge in [0.25, 0.3) is 5.92 Å². The monoisotopic (exact) mass is 203 g/mol. The van der Waals surface area contributed by atoms with E-state index in [1.807, 2.05) is 0 Å². The zero-order valence-corrected chi connectivity index (χ0v) is 7.04. The summed E-state index contributed by atoms with van der Waals surface area (Å²) >= 11 is 0. The third-order valence-corrected chi connectivity index (χ3v) is 2.21. The van der Waals surface area contributed by atoms with Crippen molar-refractivity contribution in [1.29, 1.82) is 0 Å². The lowest BCUT2D eigenvalue weighted by Crippen LogP contribution is -2.20. The summed E-state index contributed by atoms with van der Waals surface area (Å²) in [5.41, 5.74) is -1.31. The number of aromatic carboxylic acids is 1. The molecule has 0 bridgehead atoms. The van der Waals surface area contributed by atoms with Gasteiger partial charge in [-0.2, -0.15) is 8.78 Å². The highest BCUT2D eigenvalue weighted by Crippen LogP contribution is 2.49. The van der Waals surface area contributed by atoms with Gasteiger partial charge in [-0.3, -0.25) is 0 Å². The van der Waals surface area contributed by atoms with Gasteiger partial charge in [-0.05, 0) is 12.8 Å². The maximum absolute atomic E-state index is 13.4. The molecular weight excluding hydrogens is 196 g/mol. The third kappa shape index (κ3) is 1.26. The number of carboxylic acids is 1. The summed E-state index contributed by atoms with van der Waals surface area (Å²) in [5.74, 6) is -5.41. The first-order valence-corrected chi connectivity index (χ1v) is 4.09. The Hall–Kier alpha value is -1.46. The molecule has 1 aromatic rings. The van der Waals surface area contributed by atoms with Gasteiger partial charge in [0.15, 0.2) is 5.69 Å². The number of carbonyl (C=O) groups is 1. The van der Waals surface area contributed by atoms with Gasteiger partial charge < -0.3 is 9.63 Å². The third-order valence-electron chi connectivity index (χ3n) is 2.21. The molecule has 0 amide bonds. The summed E-state index contributed by atoms with van der Waals surface area (Å²) in [6.45, 7) is 0. The molecule has 0 unspecified atom stereocenters. The minimum absolute atomic E-state index is 0.402. The lowest BCUT2D eigenvalue weighted by Gasteiger charge is -2.11. The van der Waals surface area contributed by atoms with Crippen molar-refractivity contribution in [2.24, 2.45) is 5.92 Å². The van der Waals surface area contributed by atoms with Crippen LogP contribution >= 0.6 is 0 Å². The lowest BCUT2D eigenvalue weighted by atomic mass is 10.1. The standard InChI is InChI=1S/C8H7F2NO3/c9-8(10,4-1-2-4)6-5(7(12)13)3-14-11-6/h3-4H,1-2H2,(H,12,13). The largest absolute Gasteiger partial charge is 0.478 e. The summed E-state index contributed by atoms with van der Waals surface area (Å²) in [6, 6.07) is 0. The van der Waals surface area contributed by atoms with Crippen molar-refractivity contribution >= 4 is 5.97 Å². The molecule has 1 aliphatic rings. The molecule has 2 rings (SSSR count). The molecular formula is C8H7F2NO3. The number of aromatic nitrogens is 1. The molecule has 0 radical (unpaired) electrons. The van der Waals surface area contributed by atoms with Crippen LogP contribution in [0.4, 0.5) is 8.78 Å². The number of nitrogens with zero attached hydrogens (tertiary/aromatic N) is 1. The molecule has 1 saturated carbocycles. The van der Waals surface area contributed by atoms with Crippen LogP contribution in [0.2, 0.25) is 0 Å². The van der Waals surface area contributed by atoms with Crippen LogP contribution in [0.25, 0.3) is 0 Å². The molecule has 14 heavy (non-hydrogen) atoms. The molecule has 76 valence electrons. The highest BCUT2D eigenvalue weighted by atomic mass is 19.3. The second kappa shape index (κ2) is 2.76. The minimum atomic E-state index is -3.18. The zero-order valence-electron chi connectivity index (χ0n) is 7.04. The van der Waals surface area contributed by atoms with E-state index >= 15 is 0 Å². The van der Waals surface area contributed by atoms with E-state index in [1.165, 1.54) is 0 Å². The molecule has 1 aliphatic carbocycles. The zero-order chi connectivity index (χ0) is 10.3. The minimum Gasteiger partial charge on any atom is -0.478 e. The van der Waals surface area contributed by atoms with E-state index in [9.17, 15) is 13.6 Å². The van der Waals surface area contributed by atoms with Crippen LogP contribution in [-0.4, -0.2) is 16.2 Å². The Bertz CT molecular complexity index is 370. The number of carboxylic acid groups (broad SMARTS) is 1. The topological polar surface area (TPSA) is 63.3 Å². The molecule has 0 atom stereocenters. The molecule has 0 aliphatic heterocycles. The number of halogens is 2. The van der Waals surface area contributed by atoms with Gasteiger partial charge in [-0.15, -0.1) is 0 Å². The van der Waals surface area contributed by atoms with Crippen LogP contribution in [0, 0.1) is 5.92 Å². The Morgan fingerprint density at radius 2 is 2.29 bits per heavy atom. The summed E-state index contributed by atoms with van der Waals surface area (Å²) in [6.07, 6.45) is 1.53. The van der Waals surface area contributed by atoms with Crippen molar-refractivity contribution in [3.05, 3.63) is 17.5 Å². The summed E-state index contributed by atoms with van der Waals surface area (Å²) in [5, 5.41) is 11.7. The van der Waals surface area contributed by atoms with Gasteiger partial charge in [0, 0.05) is 5.92 Å². The number of alkyl halides is 2. The fraction of sp³-hybridized carbons (Fsp3) is 0.500. The molecule has 4 nitrogen and oxygen atoms in total. The summed E-state index contributed by atoms with van der Waals surface area (Å²) < 4.78 is 31.1. The molecule has 1 aromatic heterocycles. The van der Waals surface area contributed by atoms with E-state index in [1.54, 1.807) is 0 Å². The Balaban J connectivity index is 2.39. The molecule has 0 aromatic carbocycles.